The summed E-state index contributed by atoms with van der Waals surface area (Å²) in [6, 6.07) is 10.0. The lowest BCUT2D eigenvalue weighted by Crippen LogP contribution is -2.20. The van der Waals surface area contributed by atoms with Crippen LogP contribution in [0.4, 0.5) is 0 Å². The molecule has 0 amide bonds. The van der Waals surface area contributed by atoms with Crippen LogP contribution in [0.2, 0.25) is 0 Å². The van der Waals surface area contributed by atoms with Gasteiger partial charge in [-0.1, -0.05) is 25.1 Å². The van der Waals surface area contributed by atoms with Gasteiger partial charge in [0.15, 0.2) is 0 Å². The van der Waals surface area contributed by atoms with E-state index in [-0.39, 0.29) is 0 Å². The van der Waals surface area contributed by atoms with Crippen LogP contribution in [0.3, 0.4) is 0 Å². The smallest absolute Gasteiger partial charge is 0.134 e. The molecule has 2 rings (SSSR count). The van der Waals surface area contributed by atoms with Gasteiger partial charge in [0.05, 0.1) is 6.54 Å². The van der Waals surface area contributed by atoms with Gasteiger partial charge in [-0.3, -0.25) is 4.21 Å². The third-order valence-electron chi connectivity index (χ3n) is 2.60. The summed E-state index contributed by atoms with van der Waals surface area (Å²) >= 11 is 0. The van der Waals surface area contributed by atoms with E-state index in [0.29, 0.717) is 12.3 Å². The quantitative estimate of drug-likeness (QED) is 0.801. The van der Waals surface area contributed by atoms with E-state index < -0.39 is 10.8 Å². The number of furan rings is 1. The third-order valence-corrected chi connectivity index (χ3v) is 3.91. The molecule has 0 spiro atoms. The zero-order chi connectivity index (χ0) is 12.1. The second kappa shape index (κ2) is 5.98. The van der Waals surface area contributed by atoms with Gasteiger partial charge in [0.1, 0.15) is 11.3 Å². The van der Waals surface area contributed by atoms with Crippen LogP contribution in [0.15, 0.2) is 34.7 Å². The van der Waals surface area contributed by atoms with Gasteiger partial charge in [0.2, 0.25) is 0 Å². The van der Waals surface area contributed by atoms with Gasteiger partial charge in [0.25, 0.3) is 0 Å². The zero-order valence-electron chi connectivity index (χ0n) is 9.94. The van der Waals surface area contributed by atoms with Crippen LogP contribution in [-0.4, -0.2) is 22.3 Å². The summed E-state index contributed by atoms with van der Waals surface area (Å²) in [5.74, 6) is 2.36. The topological polar surface area (TPSA) is 42.2 Å². The molecular weight excluding hydrogens is 234 g/mol. The Labute approximate surface area is 104 Å². The van der Waals surface area contributed by atoms with Gasteiger partial charge in [0, 0.05) is 34.2 Å². The van der Waals surface area contributed by atoms with Crippen molar-refractivity contribution in [3.05, 3.63) is 36.1 Å². The van der Waals surface area contributed by atoms with Crippen molar-refractivity contribution in [2.45, 2.75) is 13.5 Å². The fraction of sp³-hybridized carbons (Fsp3) is 0.385. The molecule has 0 radical (unpaired) electrons. The van der Waals surface area contributed by atoms with E-state index in [4.69, 9.17) is 4.42 Å². The number of rotatable bonds is 6. The molecule has 1 aromatic heterocycles. The van der Waals surface area contributed by atoms with Crippen molar-refractivity contribution < 1.29 is 8.63 Å². The Bertz CT molecular complexity index is 474. The highest BCUT2D eigenvalue weighted by atomic mass is 32.2. The minimum atomic E-state index is -0.693. The van der Waals surface area contributed by atoms with Gasteiger partial charge in [-0.2, -0.15) is 0 Å². The average Bonchev–Trinajstić information content (AvgIpc) is 2.76. The molecule has 0 aliphatic heterocycles. The summed E-state index contributed by atoms with van der Waals surface area (Å²) < 4.78 is 16.9. The summed E-state index contributed by atoms with van der Waals surface area (Å²) in [6.45, 7) is 3.39. The third kappa shape index (κ3) is 3.41. The lowest BCUT2D eigenvalue weighted by molar-refractivity contribution is 0.520. The molecule has 0 saturated heterocycles. The second-order valence-corrected chi connectivity index (χ2v) is 5.73. The van der Waals surface area contributed by atoms with Crippen LogP contribution in [-0.2, 0) is 17.3 Å². The maximum absolute atomic E-state index is 11.2. The lowest BCUT2D eigenvalue weighted by Gasteiger charge is -2.01. The van der Waals surface area contributed by atoms with E-state index in [0.717, 1.165) is 29.0 Å². The van der Waals surface area contributed by atoms with Gasteiger partial charge in [-0.05, 0) is 12.1 Å². The number of hydrogen-bond donors (Lipinski definition) is 1. The standard InChI is InChI=1S/C13H17NO2S/c1-2-17(15)8-7-14-10-12-9-11-5-3-4-6-13(11)16-12/h3-6,9,14H,2,7-8,10H2,1H3. The summed E-state index contributed by atoms with van der Waals surface area (Å²) in [6.07, 6.45) is 0. The second-order valence-electron chi connectivity index (χ2n) is 3.86. The molecule has 92 valence electrons. The molecule has 0 aliphatic rings. The van der Waals surface area contributed by atoms with E-state index in [2.05, 4.69) is 5.32 Å². The Morgan fingerprint density at radius 2 is 2.18 bits per heavy atom. The van der Waals surface area contributed by atoms with Crippen LogP contribution in [0.1, 0.15) is 12.7 Å². The molecule has 1 aromatic carbocycles. The van der Waals surface area contributed by atoms with Crippen LogP contribution in [0, 0.1) is 0 Å². The van der Waals surface area contributed by atoms with E-state index in [1.54, 1.807) is 0 Å². The number of para-hydroxylation sites is 1. The zero-order valence-corrected chi connectivity index (χ0v) is 10.8. The summed E-state index contributed by atoms with van der Waals surface area (Å²) in [7, 11) is -0.693. The van der Waals surface area contributed by atoms with Crippen molar-refractivity contribution in [3.63, 3.8) is 0 Å². The minimum Gasteiger partial charge on any atom is -0.460 e. The van der Waals surface area contributed by atoms with Gasteiger partial charge < -0.3 is 9.73 Å². The molecule has 4 heteroatoms. The Hall–Kier alpha value is -1.13. The maximum atomic E-state index is 11.2. The predicted molar refractivity (Wildman–Crippen MR) is 71.5 cm³/mol. The van der Waals surface area contributed by atoms with E-state index in [1.807, 2.05) is 37.3 Å². The molecule has 0 aliphatic carbocycles. The van der Waals surface area contributed by atoms with Gasteiger partial charge >= 0.3 is 0 Å². The number of hydrogen-bond acceptors (Lipinski definition) is 3. The highest BCUT2D eigenvalue weighted by molar-refractivity contribution is 7.84. The Balaban J connectivity index is 1.85. The molecule has 0 fully saturated rings. The first kappa shape index (κ1) is 12.3. The molecule has 1 heterocycles. The Kier molecular flexibility index (Phi) is 4.34. The van der Waals surface area contributed by atoms with E-state index in [1.165, 1.54) is 0 Å². The lowest BCUT2D eigenvalue weighted by atomic mass is 10.2. The fourth-order valence-corrected chi connectivity index (χ4v) is 2.33. The van der Waals surface area contributed by atoms with Crippen molar-refractivity contribution in [2.24, 2.45) is 0 Å². The van der Waals surface area contributed by atoms with Crippen molar-refractivity contribution in [1.29, 1.82) is 0 Å². The van der Waals surface area contributed by atoms with Crippen molar-refractivity contribution in [3.8, 4) is 0 Å². The molecular formula is C13H17NO2S. The van der Waals surface area contributed by atoms with Crippen molar-refractivity contribution in [1.82, 2.24) is 5.32 Å². The monoisotopic (exact) mass is 251 g/mol. The van der Waals surface area contributed by atoms with Gasteiger partial charge in [-0.25, -0.2) is 0 Å². The molecule has 3 nitrogen and oxygen atoms in total. The SMILES string of the molecule is CCS(=O)CCNCc1cc2ccccc2o1. The normalized spacial score (nSPS) is 13.0. The molecule has 1 atom stereocenters. The van der Waals surface area contributed by atoms with E-state index >= 15 is 0 Å². The molecule has 1 N–H and O–H groups in total. The largest absolute Gasteiger partial charge is 0.460 e. The first-order valence-corrected chi connectivity index (χ1v) is 7.31. The van der Waals surface area contributed by atoms with Crippen LogP contribution in [0.25, 0.3) is 11.0 Å². The highest BCUT2D eigenvalue weighted by Gasteiger charge is 2.02. The summed E-state index contributed by atoms with van der Waals surface area (Å²) in [5, 5.41) is 4.37. The number of nitrogens with one attached hydrogen (secondary N) is 1. The fourth-order valence-electron chi connectivity index (χ4n) is 1.67. The molecule has 0 saturated carbocycles. The molecule has 1 unspecified atom stereocenters. The Morgan fingerprint density at radius 1 is 1.35 bits per heavy atom. The highest BCUT2D eigenvalue weighted by Crippen LogP contribution is 2.18. The maximum Gasteiger partial charge on any atom is 0.134 e. The van der Waals surface area contributed by atoms with Crippen molar-refractivity contribution >= 4 is 21.8 Å². The molecule has 0 bridgehead atoms. The van der Waals surface area contributed by atoms with E-state index in [9.17, 15) is 4.21 Å². The Morgan fingerprint density at radius 3 is 2.94 bits per heavy atom. The average molecular weight is 251 g/mol. The number of fused-ring (bicyclic) bond motifs is 1. The van der Waals surface area contributed by atoms with Gasteiger partial charge in [-0.15, -0.1) is 0 Å². The first-order valence-electron chi connectivity index (χ1n) is 5.82. The predicted octanol–water partition coefficient (Wildman–Crippen LogP) is 2.29. The minimum absolute atomic E-state index is 0.690. The van der Waals surface area contributed by atoms with Crippen LogP contribution < -0.4 is 5.32 Å². The first-order chi connectivity index (χ1) is 8.29. The summed E-state index contributed by atoms with van der Waals surface area (Å²) in [5.41, 5.74) is 0.918. The number of benzene rings is 1. The molecule has 17 heavy (non-hydrogen) atoms. The van der Waals surface area contributed by atoms with Crippen LogP contribution in [0.5, 0.6) is 0 Å². The van der Waals surface area contributed by atoms with Crippen LogP contribution >= 0.6 is 0 Å². The molecule has 2 aromatic rings. The van der Waals surface area contributed by atoms with Crippen molar-refractivity contribution in [2.75, 3.05) is 18.1 Å². The summed E-state index contributed by atoms with van der Waals surface area (Å²) in [4.78, 5) is 0.